The summed E-state index contributed by atoms with van der Waals surface area (Å²) < 4.78 is 0. The predicted octanol–water partition coefficient (Wildman–Crippen LogP) is 4.71. The number of aliphatic carboxylic acids is 1. The molecule has 3 nitrogen and oxygen atoms in total. The molecule has 0 radical (unpaired) electrons. The monoisotopic (exact) mass is 290 g/mol. The Kier molecular flexibility index (Phi) is 5.70. The lowest BCUT2D eigenvalue weighted by atomic mass is 9.82. The summed E-state index contributed by atoms with van der Waals surface area (Å²) in [6, 6.07) is 4.13. The highest BCUT2D eigenvalue weighted by Gasteiger charge is 2.23. The van der Waals surface area contributed by atoms with Crippen LogP contribution in [0.5, 0.6) is 0 Å². The van der Waals surface area contributed by atoms with Gasteiger partial charge >= 0.3 is 5.97 Å². The number of hydrogen-bond donors (Lipinski definition) is 1. The van der Waals surface area contributed by atoms with Gasteiger partial charge in [-0.15, -0.1) is 0 Å². The van der Waals surface area contributed by atoms with Gasteiger partial charge in [-0.3, -0.25) is 9.59 Å². The lowest BCUT2D eigenvalue weighted by Gasteiger charge is -2.21. The van der Waals surface area contributed by atoms with Crippen LogP contribution >= 0.6 is 0 Å². The second-order valence-electron chi connectivity index (χ2n) is 6.53. The smallest absolute Gasteiger partial charge is 0.311 e. The molecule has 0 atom stereocenters. The van der Waals surface area contributed by atoms with Crippen LogP contribution in [0.4, 0.5) is 0 Å². The van der Waals surface area contributed by atoms with Gasteiger partial charge in [0.2, 0.25) is 0 Å². The van der Waals surface area contributed by atoms with Gasteiger partial charge < -0.3 is 5.11 Å². The minimum Gasteiger partial charge on any atom is -0.481 e. The van der Waals surface area contributed by atoms with E-state index in [-0.39, 0.29) is 17.6 Å². The van der Waals surface area contributed by atoms with Gasteiger partial charge in [-0.05, 0) is 34.4 Å². The van der Waals surface area contributed by atoms with Crippen LogP contribution in [0.1, 0.15) is 92.8 Å². The second kappa shape index (κ2) is 6.88. The van der Waals surface area contributed by atoms with Gasteiger partial charge in [0.15, 0.2) is 5.78 Å². The summed E-state index contributed by atoms with van der Waals surface area (Å²) in [6.07, 6.45) is -0.444. The van der Waals surface area contributed by atoms with Crippen LogP contribution in [0.2, 0.25) is 0 Å². The molecule has 0 aromatic heterocycles. The predicted molar refractivity (Wildman–Crippen MR) is 85.3 cm³/mol. The van der Waals surface area contributed by atoms with Crippen LogP contribution in [0.3, 0.4) is 0 Å². The van der Waals surface area contributed by atoms with Crippen LogP contribution in [-0.4, -0.2) is 16.9 Å². The van der Waals surface area contributed by atoms with Crippen molar-refractivity contribution in [2.75, 3.05) is 0 Å². The van der Waals surface area contributed by atoms with E-state index in [0.717, 1.165) is 11.1 Å². The van der Waals surface area contributed by atoms with Gasteiger partial charge in [0.05, 0.1) is 0 Å². The number of carboxylic acids is 1. The highest BCUT2D eigenvalue weighted by molar-refractivity contribution is 6.07. The summed E-state index contributed by atoms with van der Waals surface area (Å²) in [5.41, 5.74) is 3.76. The molecule has 1 N–H and O–H groups in total. The number of benzene rings is 1. The van der Waals surface area contributed by atoms with E-state index in [1.54, 1.807) is 0 Å². The van der Waals surface area contributed by atoms with Crippen molar-refractivity contribution in [2.24, 2.45) is 0 Å². The maximum atomic E-state index is 12.4. The van der Waals surface area contributed by atoms with Crippen LogP contribution < -0.4 is 0 Å². The SMILES string of the molecule is CC(C)c1cc(C(C)C)c(C(=O)CC(=O)O)c(C(C)C)c1. The van der Waals surface area contributed by atoms with Gasteiger partial charge in [0, 0.05) is 5.56 Å². The Hall–Kier alpha value is -1.64. The van der Waals surface area contributed by atoms with E-state index in [1.165, 1.54) is 5.56 Å². The van der Waals surface area contributed by atoms with Crippen molar-refractivity contribution in [3.05, 3.63) is 34.4 Å². The molecule has 0 saturated carbocycles. The van der Waals surface area contributed by atoms with Gasteiger partial charge in [-0.25, -0.2) is 0 Å². The van der Waals surface area contributed by atoms with E-state index >= 15 is 0 Å². The third-order valence-electron chi connectivity index (χ3n) is 3.72. The molecule has 0 aliphatic rings. The molecule has 0 amide bonds. The highest BCUT2D eigenvalue weighted by atomic mass is 16.4. The number of hydrogen-bond acceptors (Lipinski definition) is 2. The molecule has 0 saturated heterocycles. The first-order chi connectivity index (χ1) is 9.65. The van der Waals surface area contributed by atoms with Gasteiger partial charge in [-0.2, -0.15) is 0 Å². The Morgan fingerprint density at radius 1 is 0.905 bits per heavy atom. The molecule has 0 fully saturated rings. The Balaban J connectivity index is 3.57. The maximum Gasteiger partial charge on any atom is 0.311 e. The molecule has 116 valence electrons. The van der Waals surface area contributed by atoms with Crippen molar-refractivity contribution in [1.82, 2.24) is 0 Å². The number of carbonyl (C=O) groups is 2. The van der Waals surface area contributed by atoms with Gasteiger partial charge in [0.1, 0.15) is 6.42 Å². The molecule has 21 heavy (non-hydrogen) atoms. The van der Waals surface area contributed by atoms with Crippen LogP contribution in [-0.2, 0) is 4.79 Å². The number of rotatable bonds is 6. The maximum absolute atomic E-state index is 12.4. The fraction of sp³-hybridized carbons (Fsp3) is 0.556. The lowest BCUT2D eigenvalue weighted by molar-refractivity contribution is -0.135. The Morgan fingerprint density at radius 3 is 1.62 bits per heavy atom. The normalized spacial score (nSPS) is 11.5. The third kappa shape index (κ3) is 4.16. The van der Waals surface area contributed by atoms with Crippen molar-refractivity contribution in [1.29, 1.82) is 0 Å². The molecular formula is C18H26O3. The molecule has 0 spiro atoms. The molecule has 0 heterocycles. The Bertz CT molecular complexity index is 510. The average Bonchev–Trinajstić information content (AvgIpc) is 2.35. The molecule has 0 unspecified atom stereocenters. The number of carboxylic acid groups (broad SMARTS) is 1. The van der Waals surface area contributed by atoms with Gasteiger partial charge in [-0.1, -0.05) is 53.7 Å². The van der Waals surface area contributed by atoms with E-state index in [9.17, 15) is 9.59 Å². The number of carbonyl (C=O) groups excluding carboxylic acids is 1. The third-order valence-corrected chi connectivity index (χ3v) is 3.72. The number of Topliss-reactive ketones (excluding diaryl/α,β-unsaturated/α-hetero) is 1. The minimum atomic E-state index is -1.07. The summed E-state index contributed by atoms with van der Waals surface area (Å²) in [5.74, 6) is -0.603. The molecular weight excluding hydrogens is 264 g/mol. The van der Waals surface area contributed by atoms with E-state index in [2.05, 4.69) is 26.0 Å². The standard InChI is InChI=1S/C18H26O3/c1-10(2)13-7-14(11(3)4)18(15(8-13)12(5)6)16(19)9-17(20)21/h7-8,10-12H,9H2,1-6H3,(H,20,21). The molecule has 0 bridgehead atoms. The first kappa shape index (κ1) is 17.4. The Morgan fingerprint density at radius 2 is 1.33 bits per heavy atom. The lowest BCUT2D eigenvalue weighted by Crippen LogP contribution is -2.15. The van der Waals surface area contributed by atoms with Crippen molar-refractivity contribution >= 4 is 11.8 Å². The summed E-state index contributed by atoms with van der Waals surface area (Å²) in [7, 11) is 0. The van der Waals surface area contributed by atoms with E-state index in [4.69, 9.17) is 5.11 Å². The summed E-state index contributed by atoms with van der Waals surface area (Å²) in [6.45, 7) is 12.4. The largest absolute Gasteiger partial charge is 0.481 e. The van der Waals surface area contributed by atoms with Gasteiger partial charge in [0.25, 0.3) is 0 Å². The Labute approximate surface area is 127 Å². The van der Waals surface area contributed by atoms with Crippen LogP contribution in [0.25, 0.3) is 0 Å². The average molecular weight is 290 g/mol. The van der Waals surface area contributed by atoms with Crippen molar-refractivity contribution < 1.29 is 14.7 Å². The fourth-order valence-corrected chi connectivity index (χ4v) is 2.50. The topological polar surface area (TPSA) is 54.4 Å². The number of ketones is 1. The highest BCUT2D eigenvalue weighted by Crippen LogP contribution is 2.32. The van der Waals surface area contributed by atoms with Crippen LogP contribution in [0.15, 0.2) is 12.1 Å². The molecule has 0 aliphatic heterocycles. The van der Waals surface area contributed by atoms with Crippen molar-refractivity contribution in [3.63, 3.8) is 0 Å². The zero-order valence-electron chi connectivity index (χ0n) is 13.9. The van der Waals surface area contributed by atoms with Crippen molar-refractivity contribution in [2.45, 2.75) is 65.7 Å². The van der Waals surface area contributed by atoms with E-state index in [0.29, 0.717) is 11.5 Å². The van der Waals surface area contributed by atoms with E-state index < -0.39 is 12.4 Å². The van der Waals surface area contributed by atoms with Crippen LogP contribution in [0, 0.1) is 0 Å². The minimum absolute atomic E-state index is 0.189. The zero-order valence-corrected chi connectivity index (χ0v) is 13.9. The summed E-state index contributed by atoms with van der Waals surface area (Å²) in [5, 5.41) is 8.93. The fourth-order valence-electron chi connectivity index (χ4n) is 2.50. The van der Waals surface area contributed by atoms with E-state index in [1.807, 2.05) is 27.7 Å². The van der Waals surface area contributed by atoms with Crippen molar-refractivity contribution in [3.8, 4) is 0 Å². The zero-order chi connectivity index (χ0) is 16.3. The molecule has 1 aromatic carbocycles. The molecule has 0 aliphatic carbocycles. The quantitative estimate of drug-likeness (QED) is 0.609. The summed E-state index contributed by atoms with van der Waals surface area (Å²) >= 11 is 0. The summed E-state index contributed by atoms with van der Waals surface area (Å²) in [4.78, 5) is 23.3. The first-order valence-corrected chi connectivity index (χ1v) is 7.57. The molecule has 1 rings (SSSR count). The second-order valence-corrected chi connectivity index (χ2v) is 6.53. The molecule has 1 aromatic rings. The molecule has 3 heteroatoms. The first-order valence-electron chi connectivity index (χ1n) is 7.57.